The highest BCUT2D eigenvalue weighted by atomic mass is 16.6. The van der Waals surface area contributed by atoms with E-state index in [0.29, 0.717) is 24.9 Å². The van der Waals surface area contributed by atoms with E-state index in [1.165, 1.54) is 0 Å². The van der Waals surface area contributed by atoms with Crippen LogP contribution < -0.4 is 5.32 Å². The summed E-state index contributed by atoms with van der Waals surface area (Å²) in [5.74, 6) is 1.30. The monoisotopic (exact) mass is 310 g/mol. The van der Waals surface area contributed by atoms with E-state index in [9.17, 15) is 4.79 Å². The van der Waals surface area contributed by atoms with Gasteiger partial charge in [-0.3, -0.25) is 4.90 Å². The average Bonchev–Trinajstić information content (AvgIpc) is 3.04. The predicted molar refractivity (Wildman–Crippen MR) is 81.3 cm³/mol. The van der Waals surface area contributed by atoms with Crippen LogP contribution in [-0.4, -0.2) is 45.9 Å². The van der Waals surface area contributed by atoms with Gasteiger partial charge in [0, 0.05) is 19.0 Å². The Morgan fingerprint density at radius 3 is 2.77 bits per heavy atom. The molecule has 1 N–H and O–H groups in total. The zero-order valence-electron chi connectivity index (χ0n) is 13.9. The minimum Gasteiger partial charge on any atom is -0.444 e. The third kappa shape index (κ3) is 4.98. The Bertz CT molecular complexity index is 495. The van der Waals surface area contributed by atoms with Crippen molar-refractivity contribution in [3.8, 4) is 0 Å². The summed E-state index contributed by atoms with van der Waals surface area (Å²) in [5, 5.41) is 10.9. The predicted octanol–water partition coefficient (Wildman–Crippen LogP) is 2.12. The Morgan fingerprint density at radius 1 is 1.41 bits per heavy atom. The maximum Gasteiger partial charge on any atom is 0.407 e. The van der Waals surface area contributed by atoms with Gasteiger partial charge in [0.1, 0.15) is 5.60 Å². The summed E-state index contributed by atoms with van der Waals surface area (Å²) in [5.41, 5.74) is -0.472. The van der Waals surface area contributed by atoms with Crippen molar-refractivity contribution < 1.29 is 13.9 Å². The Labute approximate surface area is 131 Å². The largest absolute Gasteiger partial charge is 0.444 e. The molecule has 1 fully saturated rings. The molecule has 1 aromatic heterocycles. The number of alkyl carbamates (subject to hydrolysis) is 1. The van der Waals surface area contributed by atoms with Crippen molar-refractivity contribution in [1.29, 1.82) is 0 Å². The van der Waals surface area contributed by atoms with E-state index in [-0.39, 0.29) is 12.1 Å². The molecule has 7 nitrogen and oxygen atoms in total. The van der Waals surface area contributed by atoms with Crippen molar-refractivity contribution in [1.82, 2.24) is 20.4 Å². The van der Waals surface area contributed by atoms with Crippen LogP contribution in [0.5, 0.6) is 0 Å². The standard InChI is InChI=1S/C15H26N4O3/c1-5-12-17-18-13(21-12)10-19-8-6-7-11(19)9-16-14(20)22-15(2,3)4/h11H,5-10H2,1-4H3,(H,16,20)/t11-/m1/s1. The van der Waals surface area contributed by atoms with Crippen LogP contribution in [0.25, 0.3) is 0 Å². The number of hydrogen-bond acceptors (Lipinski definition) is 6. The van der Waals surface area contributed by atoms with Gasteiger partial charge in [-0.05, 0) is 40.2 Å². The fourth-order valence-corrected chi connectivity index (χ4v) is 2.52. The number of likely N-dealkylation sites (tertiary alicyclic amines) is 1. The highest BCUT2D eigenvalue weighted by Gasteiger charge is 2.27. The molecule has 1 atom stereocenters. The third-order valence-electron chi connectivity index (χ3n) is 3.53. The van der Waals surface area contributed by atoms with Gasteiger partial charge in [-0.2, -0.15) is 0 Å². The molecule has 1 aromatic rings. The molecule has 0 radical (unpaired) electrons. The normalized spacial score (nSPS) is 19.4. The number of ether oxygens (including phenoxy) is 1. The van der Waals surface area contributed by atoms with Crippen molar-refractivity contribution in [2.24, 2.45) is 0 Å². The molecule has 0 saturated carbocycles. The summed E-state index contributed by atoms with van der Waals surface area (Å²) >= 11 is 0. The van der Waals surface area contributed by atoms with E-state index < -0.39 is 5.60 Å². The maximum atomic E-state index is 11.7. The maximum absolute atomic E-state index is 11.7. The quantitative estimate of drug-likeness (QED) is 0.897. The minimum absolute atomic E-state index is 0.282. The van der Waals surface area contributed by atoms with Gasteiger partial charge in [-0.25, -0.2) is 4.79 Å². The first-order valence-corrected chi connectivity index (χ1v) is 7.89. The van der Waals surface area contributed by atoms with Gasteiger partial charge < -0.3 is 14.5 Å². The molecule has 1 aliphatic heterocycles. The lowest BCUT2D eigenvalue weighted by molar-refractivity contribution is 0.0511. The summed E-state index contributed by atoms with van der Waals surface area (Å²) in [7, 11) is 0. The number of carbonyl (C=O) groups excluding carboxylic acids is 1. The molecule has 22 heavy (non-hydrogen) atoms. The number of aromatic nitrogens is 2. The SMILES string of the molecule is CCc1nnc(CN2CCC[C@@H]2CNC(=O)OC(C)(C)C)o1. The van der Waals surface area contributed by atoms with Crippen LogP contribution in [0.3, 0.4) is 0 Å². The average molecular weight is 310 g/mol. The van der Waals surface area contributed by atoms with Crippen molar-refractivity contribution in [3.05, 3.63) is 11.8 Å². The molecule has 7 heteroatoms. The van der Waals surface area contributed by atoms with Crippen molar-refractivity contribution in [3.63, 3.8) is 0 Å². The van der Waals surface area contributed by atoms with Gasteiger partial charge in [0.2, 0.25) is 11.8 Å². The van der Waals surface area contributed by atoms with Gasteiger partial charge >= 0.3 is 6.09 Å². The van der Waals surface area contributed by atoms with Crippen LogP contribution in [0.2, 0.25) is 0 Å². The fourth-order valence-electron chi connectivity index (χ4n) is 2.52. The molecule has 1 amide bonds. The van der Waals surface area contributed by atoms with Crippen molar-refractivity contribution >= 4 is 6.09 Å². The molecule has 0 bridgehead atoms. The van der Waals surface area contributed by atoms with Gasteiger partial charge in [-0.15, -0.1) is 10.2 Å². The van der Waals surface area contributed by atoms with E-state index in [0.717, 1.165) is 25.8 Å². The number of amides is 1. The van der Waals surface area contributed by atoms with Gasteiger partial charge in [0.25, 0.3) is 0 Å². The smallest absolute Gasteiger partial charge is 0.407 e. The lowest BCUT2D eigenvalue weighted by Crippen LogP contribution is -2.41. The van der Waals surface area contributed by atoms with Gasteiger partial charge in [0.05, 0.1) is 6.54 Å². The van der Waals surface area contributed by atoms with E-state index in [1.54, 1.807) is 0 Å². The molecule has 0 spiro atoms. The Kier molecular flexibility index (Phi) is 5.39. The molecular formula is C15H26N4O3. The second kappa shape index (κ2) is 7.09. The molecule has 1 aliphatic rings. The summed E-state index contributed by atoms with van der Waals surface area (Å²) in [4.78, 5) is 14.0. The number of hydrogen-bond donors (Lipinski definition) is 1. The van der Waals surface area contributed by atoms with Crippen molar-refractivity contribution in [2.45, 2.75) is 65.1 Å². The van der Waals surface area contributed by atoms with Gasteiger partial charge in [-0.1, -0.05) is 6.92 Å². The van der Waals surface area contributed by atoms with Crippen LogP contribution in [-0.2, 0) is 17.7 Å². The van der Waals surface area contributed by atoms with E-state index in [4.69, 9.17) is 9.15 Å². The first-order chi connectivity index (χ1) is 10.4. The molecule has 0 unspecified atom stereocenters. The fraction of sp³-hybridized carbons (Fsp3) is 0.800. The van der Waals surface area contributed by atoms with Crippen LogP contribution in [0.4, 0.5) is 4.79 Å². The van der Waals surface area contributed by atoms with Crippen molar-refractivity contribution in [2.75, 3.05) is 13.1 Å². The zero-order valence-corrected chi connectivity index (χ0v) is 13.9. The van der Waals surface area contributed by atoms with E-state index >= 15 is 0 Å². The lowest BCUT2D eigenvalue weighted by atomic mass is 10.2. The lowest BCUT2D eigenvalue weighted by Gasteiger charge is -2.24. The molecule has 0 aliphatic carbocycles. The summed E-state index contributed by atoms with van der Waals surface area (Å²) < 4.78 is 10.8. The van der Waals surface area contributed by atoms with Gasteiger partial charge in [0.15, 0.2) is 0 Å². The Balaban J connectivity index is 1.81. The topological polar surface area (TPSA) is 80.5 Å². The molecule has 0 aromatic carbocycles. The summed E-state index contributed by atoms with van der Waals surface area (Å²) in [6, 6.07) is 0.282. The number of carbonyl (C=O) groups is 1. The van der Waals surface area contributed by atoms with E-state index in [2.05, 4.69) is 20.4 Å². The number of nitrogens with zero attached hydrogens (tertiary/aromatic N) is 3. The third-order valence-corrected chi connectivity index (χ3v) is 3.53. The van der Waals surface area contributed by atoms with Crippen LogP contribution in [0, 0.1) is 0 Å². The molecule has 2 rings (SSSR count). The van der Waals surface area contributed by atoms with Crippen LogP contribution >= 0.6 is 0 Å². The molecule has 124 valence electrons. The number of aryl methyl sites for hydroxylation is 1. The molecular weight excluding hydrogens is 284 g/mol. The highest BCUT2D eigenvalue weighted by molar-refractivity contribution is 5.67. The zero-order chi connectivity index (χ0) is 16.2. The summed E-state index contributed by atoms with van der Waals surface area (Å²) in [6.07, 6.45) is 2.53. The Hall–Kier alpha value is -1.63. The Morgan fingerprint density at radius 2 is 2.14 bits per heavy atom. The first-order valence-electron chi connectivity index (χ1n) is 7.89. The van der Waals surface area contributed by atoms with E-state index in [1.807, 2.05) is 27.7 Å². The summed E-state index contributed by atoms with van der Waals surface area (Å²) in [6.45, 7) is 9.74. The minimum atomic E-state index is -0.472. The molecule has 1 saturated heterocycles. The van der Waals surface area contributed by atoms with Crippen LogP contribution in [0.1, 0.15) is 52.3 Å². The van der Waals surface area contributed by atoms with Crippen LogP contribution in [0.15, 0.2) is 4.42 Å². The second-order valence-corrected chi connectivity index (χ2v) is 6.59. The molecule has 2 heterocycles. The number of nitrogens with one attached hydrogen (secondary N) is 1. The number of rotatable bonds is 5. The highest BCUT2D eigenvalue weighted by Crippen LogP contribution is 2.19. The first kappa shape index (κ1) is 16.7. The second-order valence-electron chi connectivity index (χ2n) is 6.59.